The van der Waals surface area contributed by atoms with Crippen LogP contribution in [0.1, 0.15) is 31.2 Å². The Bertz CT molecular complexity index is 422. The third-order valence-corrected chi connectivity index (χ3v) is 3.42. The number of hydrogen-bond acceptors (Lipinski definition) is 2. The van der Waals surface area contributed by atoms with Crippen molar-refractivity contribution >= 4 is 5.91 Å². The lowest BCUT2D eigenvalue weighted by Gasteiger charge is -2.29. The van der Waals surface area contributed by atoms with E-state index >= 15 is 0 Å². The number of nitrogens with two attached hydrogens (primary N) is 1. The summed E-state index contributed by atoms with van der Waals surface area (Å²) < 4.78 is 13.0. The number of carbonyl (C=O) groups is 1. The largest absolute Gasteiger partial charge is 0.352 e. The highest BCUT2D eigenvalue weighted by molar-refractivity contribution is 5.78. The number of carbonyl (C=O) groups excluding carboxylic acids is 1. The molecule has 0 aromatic heterocycles. The molecule has 4 heteroatoms. The van der Waals surface area contributed by atoms with Gasteiger partial charge >= 0.3 is 0 Å². The first-order valence-corrected chi connectivity index (χ1v) is 6.44. The van der Waals surface area contributed by atoms with Gasteiger partial charge in [-0.05, 0) is 30.5 Å². The van der Waals surface area contributed by atoms with Gasteiger partial charge in [-0.1, -0.05) is 25.0 Å². The Morgan fingerprint density at radius 3 is 2.89 bits per heavy atom. The van der Waals surface area contributed by atoms with Crippen LogP contribution in [-0.2, 0) is 11.2 Å². The zero-order chi connectivity index (χ0) is 13.0. The first-order chi connectivity index (χ1) is 8.65. The summed E-state index contributed by atoms with van der Waals surface area (Å²) in [6, 6.07) is 6.25. The fraction of sp³-hybridized carbons (Fsp3) is 0.500. The molecule has 1 aliphatic carbocycles. The molecule has 1 aliphatic rings. The number of nitrogens with one attached hydrogen (secondary N) is 1. The molecular weight excluding hydrogens is 231 g/mol. The van der Waals surface area contributed by atoms with Crippen LogP contribution in [0.25, 0.3) is 0 Å². The normalized spacial score (nSPS) is 23.7. The minimum Gasteiger partial charge on any atom is -0.352 e. The van der Waals surface area contributed by atoms with Crippen molar-refractivity contribution in [3.8, 4) is 0 Å². The van der Waals surface area contributed by atoms with E-state index in [-0.39, 0.29) is 30.2 Å². The number of benzene rings is 1. The van der Waals surface area contributed by atoms with Crippen LogP contribution >= 0.6 is 0 Å². The van der Waals surface area contributed by atoms with Gasteiger partial charge in [0.05, 0.1) is 6.42 Å². The Kier molecular flexibility index (Phi) is 4.31. The molecule has 18 heavy (non-hydrogen) atoms. The fourth-order valence-electron chi connectivity index (χ4n) is 2.43. The van der Waals surface area contributed by atoms with Crippen LogP contribution in [0.15, 0.2) is 24.3 Å². The predicted molar refractivity (Wildman–Crippen MR) is 68.5 cm³/mol. The average Bonchev–Trinajstić information content (AvgIpc) is 2.32. The zero-order valence-electron chi connectivity index (χ0n) is 10.4. The topological polar surface area (TPSA) is 55.1 Å². The van der Waals surface area contributed by atoms with E-state index in [4.69, 9.17) is 5.73 Å². The van der Waals surface area contributed by atoms with Crippen molar-refractivity contribution < 1.29 is 9.18 Å². The van der Waals surface area contributed by atoms with Crippen LogP contribution in [-0.4, -0.2) is 18.0 Å². The van der Waals surface area contributed by atoms with E-state index in [2.05, 4.69) is 5.32 Å². The Morgan fingerprint density at radius 1 is 1.39 bits per heavy atom. The molecule has 2 atom stereocenters. The van der Waals surface area contributed by atoms with Gasteiger partial charge in [0, 0.05) is 12.1 Å². The van der Waals surface area contributed by atoms with Crippen LogP contribution in [0.4, 0.5) is 4.39 Å². The Labute approximate surface area is 107 Å². The molecule has 1 amide bonds. The quantitative estimate of drug-likeness (QED) is 0.858. The summed E-state index contributed by atoms with van der Waals surface area (Å²) in [5.41, 5.74) is 6.66. The molecule has 1 fully saturated rings. The standard InChI is InChI=1S/C14H19FN2O/c15-11-5-3-4-10(8-11)9-14(18)17-13-7-2-1-6-12(13)16/h3-5,8,12-13H,1-2,6-7,9,16H2,(H,17,18)/t12-,13-/m1/s1. The van der Waals surface area contributed by atoms with Gasteiger partial charge in [-0.3, -0.25) is 4.79 Å². The molecule has 98 valence electrons. The van der Waals surface area contributed by atoms with Gasteiger partial charge in [-0.25, -0.2) is 4.39 Å². The number of hydrogen-bond donors (Lipinski definition) is 2. The highest BCUT2D eigenvalue weighted by Crippen LogP contribution is 2.17. The predicted octanol–water partition coefficient (Wildman–Crippen LogP) is 1.75. The van der Waals surface area contributed by atoms with Gasteiger partial charge in [0.25, 0.3) is 0 Å². The molecule has 0 unspecified atom stereocenters. The maximum Gasteiger partial charge on any atom is 0.224 e. The molecule has 1 saturated carbocycles. The Hall–Kier alpha value is -1.42. The number of rotatable bonds is 3. The molecule has 0 heterocycles. The number of halogens is 1. The third-order valence-electron chi connectivity index (χ3n) is 3.42. The van der Waals surface area contributed by atoms with Gasteiger partial charge in [0.15, 0.2) is 0 Å². The van der Waals surface area contributed by atoms with E-state index in [0.29, 0.717) is 5.56 Å². The molecule has 0 saturated heterocycles. The summed E-state index contributed by atoms with van der Waals surface area (Å²) in [4.78, 5) is 11.8. The number of amides is 1. The van der Waals surface area contributed by atoms with Gasteiger partial charge in [0.2, 0.25) is 5.91 Å². The second-order valence-electron chi connectivity index (χ2n) is 4.93. The van der Waals surface area contributed by atoms with E-state index in [1.165, 1.54) is 12.1 Å². The highest BCUT2D eigenvalue weighted by Gasteiger charge is 2.23. The van der Waals surface area contributed by atoms with Crippen LogP contribution in [0, 0.1) is 5.82 Å². The maximum atomic E-state index is 13.0. The van der Waals surface area contributed by atoms with Crippen molar-refractivity contribution in [2.75, 3.05) is 0 Å². The van der Waals surface area contributed by atoms with Crippen molar-refractivity contribution in [2.45, 2.75) is 44.2 Å². The highest BCUT2D eigenvalue weighted by atomic mass is 19.1. The van der Waals surface area contributed by atoms with E-state index in [9.17, 15) is 9.18 Å². The molecule has 1 aromatic rings. The van der Waals surface area contributed by atoms with Crippen LogP contribution < -0.4 is 11.1 Å². The Balaban J connectivity index is 1.88. The summed E-state index contributed by atoms with van der Waals surface area (Å²) in [7, 11) is 0. The molecule has 0 radical (unpaired) electrons. The summed E-state index contributed by atoms with van der Waals surface area (Å²) in [6.45, 7) is 0. The molecule has 3 N–H and O–H groups in total. The summed E-state index contributed by atoms with van der Waals surface area (Å²) >= 11 is 0. The van der Waals surface area contributed by atoms with Crippen LogP contribution in [0.5, 0.6) is 0 Å². The molecule has 1 aromatic carbocycles. The van der Waals surface area contributed by atoms with Gasteiger partial charge < -0.3 is 11.1 Å². The third kappa shape index (κ3) is 3.53. The minimum atomic E-state index is -0.310. The van der Waals surface area contributed by atoms with Crippen LogP contribution in [0.3, 0.4) is 0 Å². The lowest BCUT2D eigenvalue weighted by atomic mass is 9.91. The average molecular weight is 250 g/mol. The van der Waals surface area contributed by atoms with Crippen molar-refractivity contribution in [1.82, 2.24) is 5.32 Å². The van der Waals surface area contributed by atoms with E-state index in [1.807, 2.05) is 0 Å². The van der Waals surface area contributed by atoms with Crippen molar-refractivity contribution in [1.29, 1.82) is 0 Å². The molecule has 3 nitrogen and oxygen atoms in total. The first kappa shape index (κ1) is 13.0. The zero-order valence-corrected chi connectivity index (χ0v) is 10.4. The second-order valence-corrected chi connectivity index (χ2v) is 4.93. The molecule has 0 bridgehead atoms. The van der Waals surface area contributed by atoms with Gasteiger partial charge in [-0.15, -0.1) is 0 Å². The second kappa shape index (κ2) is 5.96. The smallest absolute Gasteiger partial charge is 0.224 e. The molecule has 0 aliphatic heterocycles. The molecular formula is C14H19FN2O. The first-order valence-electron chi connectivity index (χ1n) is 6.44. The van der Waals surface area contributed by atoms with E-state index < -0.39 is 0 Å². The van der Waals surface area contributed by atoms with E-state index in [1.54, 1.807) is 12.1 Å². The van der Waals surface area contributed by atoms with Crippen LogP contribution in [0.2, 0.25) is 0 Å². The summed E-state index contributed by atoms with van der Waals surface area (Å²) in [5, 5.41) is 2.95. The fourth-order valence-corrected chi connectivity index (χ4v) is 2.43. The Morgan fingerprint density at radius 2 is 2.17 bits per heavy atom. The van der Waals surface area contributed by atoms with E-state index in [0.717, 1.165) is 25.7 Å². The summed E-state index contributed by atoms with van der Waals surface area (Å²) in [6.07, 6.45) is 4.36. The SMILES string of the molecule is N[C@@H]1CCCC[C@H]1NC(=O)Cc1cccc(F)c1. The summed E-state index contributed by atoms with van der Waals surface area (Å²) in [5.74, 6) is -0.391. The van der Waals surface area contributed by atoms with Crippen molar-refractivity contribution in [2.24, 2.45) is 5.73 Å². The monoisotopic (exact) mass is 250 g/mol. The van der Waals surface area contributed by atoms with Crippen molar-refractivity contribution in [3.05, 3.63) is 35.6 Å². The maximum absolute atomic E-state index is 13.0. The van der Waals surface area contributed by atoms with Gasteiger partial charge in [-0.2, -0.15) is 0 Å². The molecule has 0 spiro atoms. The van der Waals surface area contributed by atoms with Gasteiger partial charge in [0.1, 0.15) is 5.82 Å². The lowest BCUT2D eigenvalue weighted by Crippen LogP contribution is -2.49. The lowest BCUT2D eigenvalue weighted by molar-refractivity contribution is -0.121. The molecule has 2 rings (SSSR count). The van der Waals surface area contributed by atoms with Crippen molar-refractivity contribution in [3.63, 3.8) is 0 Å². The minimum absolute atomic E-state index is 0.0511.